The first-order chi connectivity index (χ1) is 8.44. The Morgan fingerprint density at radius 1 is 1.39 bits per heavy atom. The number of aryl methyl sites for hydroxylation is 1. The van der Waals surface area contributed by atoms with Gasteiger partial charge in [0, 0.05) is 6.54 Å². The van der Waals surface area contributed by atoms with Crippen molar-refractivity contribution in [1.29, 1.82) is 0 Å². The van der Waals surface area contributed by atoms with E-state index in [1.54, 1.807) is 0 Å². The first kappa shape index (κ1) is 13.1. The first-order valence-corrected chi connectivity index (χ1v) is 6.44. The highest BCUT2D eigenvalue weighted by Crippen LogP contribution is 2.43. The second-order valence-electron chi connectivity index (χ2n) is 5.57. The Labute approximate surface area is 108 Å². The zero-order chi connectivity index (χ0) is 13.3. The molecule has 1 saturated carbocycles. The van der Waals surface area contributed by atoms with E-state index in [1.807, 2.05) is 18.9 Å². The van der Waals surface area contributed by atoms with Gasteiger partial charge in [-0.25, -0.2) is 0 Å². The Morgan fingerprint density at radius 2 is 1.94 bits per heavy atom. The maximum Gasteiger partial charge on any atom is 0.324 e. The summed E-state index contributed by atoms with van der Waals surface area (Å²) < 4.78 is 0. The van der Waals surface area contributed by atoms with Gasteiger partial charge in [-0.15, -0.1) is 0 Å². The molecule has 1 unspecified atom stereocenters. The second kappa shape index (κ2) is 4.73. The molecule has 0 aromatic heterocycles. The topological polar surface area (TPSA) is 40.5 Å². The van der Waals surface area contributed by atoms with Crippen LogP contribution in [0.1, 0.15) is 30.9 Å². The SMILES string of the molecule is Cc1ccc(CN(C)C(C)(C(=O)O)C2CC2)cc1. The average molecular weight is 247 g/mol. The molecule has 0 heterocycles. The van der Waals surface area contributed by atoms with E-state index in [1.165, 1.54) is 5.56 Å². The Hall–Kier alpha value is -1.35. The maximum atomic E-state index is 11.5. The highest BCUT2D eigenvalue weighted by atomic mass is 16.4. The molecule has 1 aliphatic rings. The molecule has 0 aliphatic heterocycles. The zero-order valence-corrected chi connectivity index (χ0v) is 11.3. The van der Waals surface area contributed by atoms with Crippen LogP contribution in [0.15, 0.2) is 24.3 Å². The molecule has 1 atom stereocenters. The predicted octanol–water partition coefficient (Wildman–Crippen LogP) is 2.68. The van der Waals surface area contributed by atoms with Crippen molar-refractivity contribution in [2.45, 2.75) is 38.8 Å². The van der Waals surface area contributed by atoms with Gasteiger partial charge in [0.05, 0.1) is 0 Å². The van der Waals surface area contributed by atoms with Crippen molar-refractivity contribution in [1.82, 2.24) is 4.90 Å². The van der Waals surface area contributed by atoms with Crippen LogP contribution in [0.4, 0.5) is 0 Å². The molecule has 1 aromatic carbocycles. The lowest BCUT2D eigenvalue weighted by Crippen LogP contribution is -2.51. The van der Waals surface area contributed by atoms with Gasteiger partial charge in [0.2, 0.25) is 0 Å². The zero-order valence-electron chi connectivity index (χ0n) is 11.3. The van der Waals surface area contributed by atoms with Crippen molar-refractivity contribution in [2.24, 2.45) is 5.92 Å². The van der Waals surface area contributed by atoms with Crippen molar-refractivity contribution in [3.8, 4) is 0 Å². The standard InChI is InChI=1S/C15H21NO2/c1-11-4-6-12(7-5-11)10-16(3)15(2,14(17)18)13-8-9-13/h4-7,13H,8-10H2,1-3H3,(H,17,18). The molecule has 0 spiro atoms. The Bertz CT molecular complexity index is 436. The fraction of sp³-hybridized carbons (Fsp3) is 0.533. The molecule has 1 aromatic rings. The summed E-state index contributed by atoms with van der Waals surface area (Å²) in [6, 6.07) is 8.28. The average Bonchev–Trinajstić information content (AvgIpc) is 3.15. The van der Waals surface area contributed by atoms with Crippen LogP contribution in [0.5, 0.6) is 0 Å². The predicted molar refractivity (Wildman–Crippen MR) is 71.4 cm³/mol. The lowest BCUT2D eigenvalue weighted by atomic mass is 9.93. The molecule has 0 saturated heterocycles. The van der Waals surface area contributed by atoms with Crippen LogP contribution in [-0.2, 0) is 11.3 Å². The van der Waals surface area contributed by atoms with E-state index in [2.05, 4.69) is 31.2 Å². The van der Waals surface area contributed by atoms with E-state index in [-0.39, 0.29) is 0 Å². The summed E-state index contributed by atoms with van der Waals surface area (Å²) in [6.45, 7) is 4.58. The molecule has 0 radical (unpaired) electrons. The number of likely N-dealkylation sites (N-methyl/N-ethyl adjacent to an activating group) is 1. The molecule has 18 heavy (non-hydrogen) atoms. The van der Waals surface area contributed by atoms with Gasteiger partial charge in [0.1, 0.15) is 5.54 Å². The third kappa shape index (κ3) is 2.41. The highest BCUT2D eigenvalue weighted by Gasteiger charge is 2.50. The maximum absolute atomic E-state index is 11.5. The van der Waals surface area contributed by atoms with Gasteiger partial charge in [0.15, 0.2) is 0 Å². The minimum atomic E-state index is -0.731. The number of hydrogen-bond acceptors (Lipinski definition) is 2. The molecule has 0 bridgehead atoms. The lowest BCUT2D eigenvalue weighted by molar-refractivity contribution is -0.151. The molecular formula is C15H21NO2. The third-order valence-corrected chi connectivity index (χ3v) is 4.14. The normalized spacial score (nSPS) is 18.7. The van der Waals surface area contributed by atoms with Crippen molar-refractivity contribution in [2.75, 3.05) is 7.05 Å². The molecule has 1 N–H and O–H groups in total. The smallest absolute Gasteiger partial charge is 0.324 e. The summed E-state index contributed by atoms with van der Waals surface area (Å²) in [7, 11) is 1.91. The van der Waals surface area contributed by atoms with E-state index in [0.29, 0.717) is 12.5 Å². The van der Waals surface area contributed by atoms with Gasteiger partial charge in [-0.3, -0.25) is 9.69 Å². The van der Waals surface area contributed by atoms with Crippen LogP contribution in [-0.4, -0.2) is 28.6 Å². The lowest BCUT2D eigenvalue weighted by Gasteiger charge is -2.35. The van der Waals surface area contributed by atoms with E-state index < -0.39 is 11.5 Å². The van der Waals surface area contributed by atoms with E-state index >= 15 is 0 Å². The van der Waals surface area contributed by atoms with Crippen LogP contribution in [0.25, 0.3) is 0 Å². The van der Waals surface area contributed by atoms with Crippen LogP contribution in [0, 0.1) is 12.8 Å². The van der Waals surface area contributed by atoms with Gasteiger partial charge in [0.25, 0.3) is 0 Å². The van der Waals surface area contributed by atoms with Crippen molar-refractivity contribution < 1.29 is 9.90 Å². The van der Waals surface area contributed by atoms with Crippen molar-refractivity contribution in [3.05, 3.63) is 35.4 Å². The number of carboxylic acid groups (broad SMARTS) is 1. The fourth-order valence-corrected chi connectivity index (χ4v) is 2.43. The monoisotopic (exact) mass is 247 g/mol. The number of nitrogens with zero attached hydrogens (tertiary/aromatic N) is 1. The molecular weight excluding hydrogens is 226 g/mol. The summed E-state index contributed by atoms with van der Waals surface area (Å²) >= 11 is 0. The minimum absolute atomic E-state index is 0.297. The third-order valence-electron chi connectivity index (χ3n) is 4.14. The molecule has 3 heteroatoms. The summed E-state index contributed by atoms with van der Waals surface area (Å²) in [4.78, 5) is 13.5. The van der Waals surface area contributed by atoms with Gasteiger partial charge in [-0.2, -0.15) is 0 Å². The molecule has 0 amide bonds. The van der Waals surface area contributed by atoms with Crippen LogP contribution in [0.3, 0.4) is 0 Å². The van der Waals surface area contributed by atoms with Crippen LogP contribution in [0.2, 0.25) is 0 Å². The fourth-order valence-electron chi connectivity index (χ4n) is 2.43. The second-order valence-corrected chi connectivity index (χ2v) is 5.57. The van der Waals surface area contributed by atoms with Gasteiger partial charge in [-0.05, 0) is 45.2 Å². The number of benzene rings is 1. The van der Waals surface area contributed by atoms with Crippen LogP contribution >= 0.6 is 0 Å². The largest absolute Gasteiger partial charge is 0.480 e. The van der Waals surface area contributed by atoms with Gasteiger partial charge >= 0.3 is 5.97 Å². The molecule has 3 nitrogen and oxygen atoms in total. The van der Waals surface area contributed by atoms with Crippen molar-refractivity contribution >= 4 is 5.97 Å². The number of rotatable bonds is 5. The summed E-state index contributed by atoms with van der Waals surface area (Å²) in [5.74, 6) is -0.412. The minimum Gasteiger partial charge on any atom is -0.480 e. The Balaban J connectivity index is 2.12. The highest BCUT2D eigenvalue weighted by molar-refractivity contribution is 5.79. The number of aliphatic carboxylic acids is 1. The summed E-state index contributed by atoms with van der Waals surface area (Å²) in [5, 5.41) is 9.49. The number of hydrogen-bond donors (Lipinski definition) is 1. The summed E-state index contributed by atoms with van der Waals surface area (Å²) in [5.41, 5.74) is 1.66. The van der Waals surface area contributed by atoms with Gasteiger partial charge < -0.3 is 5.11 Å². The quantitative estimate of drug-likeness (QED) is 0.869. The van der Waals surface area contributed by atoms with E-state index in [9.17, 15) is 9.90 Å². The molecule has 1 aliphatic carbocycles. The van der Waals surface area contributed by atoms with E-state index in [0.717, 1.165) is 18.4 Å². The molecule has 98 valence electrons. The molecule has 2 rings (SSSR count). The number of carbonyl (C=O) groups is 1. The first-order valence-electron chi connectivity index (χ1n) is 6.44. The van der Waals surface area contributed by atoms with E-state index in [4.69, 9.17) is 0 Å². The number of carboxylic acids is 1. The Morgan fingerprint density at radius 3 is 2.39 bits per heavy atom. The van der Waals surface area contributed by atoms with Gasteiger partial charge in [-0.1, -0.05) is 29.8 Å². The summed E-state index contributed by atoms with van der Waals surface area (Å²) in [6.07, 6.45) is 2.06. The van der Waals surface area contributed by atoms with Crippen molar-refractivity contribution in [3.63, 3.8) is 0 Å². The van der Waals surface area contributed by atoms with Crippen LogP contribution < -0.4 is 0 Å². The Kier molecular flexibility index (Phi) is 3.44. The molecule has 1 fully saturated rings.